The predicted molar refractivity (Wildman–Crippen MR) is 68.6 cm³/mol. The molecule has 1 saturated carbocycles. The van der Waals surface area contributed by atoms with Gasteiger partial charge >= 0.3 is 6.03 Å². The highest BCUT2D eigenvalue weighted by Crippen LogP contribution is 2.28. The molecule has 102 valence electrons. The first-order valence-electron chi connectivity index (χ1n) is 6.74. The lowest BCUT2D eigenvalue weighted by Crippen LogP contribution is -2.47. The number of piperidine rings is 1. The summed E-state index contributed by atoms with van der Waals surface area (Å²) in [5, 5.41) is 11.5. The van der Waals surface area contributed by atoms with Crippen LogP contribution in [-0.2, 0) is 0 Å². The molecule has 2 fully saturated rings. The molecule has 2 amide bonds. The molecule has 0 spiro atoms. The zero-order valence-corrected chi connectivity index (χ0v) is 10.7. The van der Waals surface area contributed by atoms with Crippen LogP contribution in [0.2, 0.25) is 0 Å². The summed E-state index contributed by atoms with van der Waals surface area (Å²) in [6, 6.07) is 0.494. The topological polar surface area (TPSA) is 82.2 Å². The molecule has 18 heavy (non-hydrogen) atoms. The van der Waals surface area contributed by atoms with Crippen LogP contribution in [0.25, 0.3) is 0 Å². The van der Waals surface area contributed by atoms with Crippen molar-refractivity contribution in [1.29, 1.82) is 0 Å². The van der Waals surface area contributed by atoms with Crippen LogP contribution in [0.1, 0.15) is 38.5 Å². The summed E-state index contributed by atoms with van der Waals surface area (Å²) in [6.07, 6.45) is 6.02. The number of hydrogen-bond acceptors (Lipinski definition) is 3. The fourth-order valence-corrected chi connectivity index (χ4v) is 2.37. The zero-order valence-electron chi connectivity index (χ0n) is 10.7. The van der Waals surface area contributed by atoms with Gasteiger partial charge in [0.1, 0.15) is 5.84 Å². The monoisotopic (exact) mass is 254 g/mol. The number of rotatable bonds is 4. The first-order chi connectivity index (χ1) is 8.72. The summed E-state index contributed by atoms with van der Waals surface area (Å²) in [7, 11) is 0. The summed E-state index contributed by atoms with van der Waals surface area (Å²) < 4.78 is 0. The maximum Gasteiger partial charge on any atom is 0.320 e. The quantitative estimate of drug-likeness (QED) is 0.342. The molecule has 0 atom stereocenters. The Labute approximate surface area is 107 Å². The van der Waals surface area contributed by atoms with Gasteiger partial charge in [-0.25, -0.2) is 4.79 Å². The van der Waals surface area contributed by atoms with Gasteiger partial charge in [-0.3, -0.25) is 0 Å². The molecule has 1 saturated heterocycles. The fourth-order valence-electron chi connectivity index (χ4n) is 2.37. The zero-order chi connectivity index (χ0) is 13.0. The van der Waals surface area contributed by atoms with E-state index in [9.17, 15) is 4.79 Å². The minimum Gasteiger partial charge on any atom is -0.409 e. The third kappa shape index (κ3) is 3.27. The Morgan fingerprint density at radius 2 is 2.00 bits per heavy atom. The second-order valence-corrected chi connectivity index (χ2v) is 5.10. The Morgan fingerprint density at radius 1 is 1.33 bits per heavy atom. The molecule has 3 N–H and O–H groups in total. The molecule has 0 aromatic rings. The third-order valence-electron chi connectivity index (χ3n) is 3.60. The van der Waals surface area contributed by atoms with Crippen LogP contribution in [0.5, 0.6) is 0 Å². The lowest BCUT2D eigenvalue weighted by atomic mass is 10.1. The van der Waals surface area contributed by atoms with Crippen LogP contribution in [0, 0.1) is 0 Å². The molecule has 2 aliphatic rings. The molecule has 0 unspecified atom stereocenters. The molecular weight excluding hydrogens is 232 g/mol. The normalized spacial score (nSPS) is 20.9. The number of urea groups is 1. The highest BCUT2D eigenvalue weighted by atomic mass is 16.4. The Kier molecular flexibility index (Phi) is 4.28. The van der Waals surface area contributed by atoms with Gasteiger partial charge in [0.25, 0.3) is 0 Å². The van der Waals surface area contributed by atoms with Crippen LogP contribution >= 0.6 is 0 Å². The second kappa shape index (κ2) is 5.93. The van der Waals surface area contributed by atoms with E-state index in [0.717, 1.165) is 38.8 Å². The summed E-state index contributed by atoms with van der Waals surface area (Å²) in [4.78, 5) is 16.2. The van der Waals surface area contributed by atoms with Gasteiger partial charge in [-0.05, 0) is 32.1 Å². The summed E-state index contributed by atoms with van der Waals surface area (Å²) >= 11 is 0. The average molecular weight is 254 g/mol. The van der Waals surface area contributed by atoms with Crippen molar-refractivity contribution in [2.75, 3.05) is 19.6 Å². The number of amides is 2. The highest BCUT2D eigenvalue weighted by molar-refractivity contribution is 5.81. The van der Waals surface area contributed by atoms with Crippen LogP contribution < -0.4 is 5.73 Å². The number of hydrogen-bond donors (Lipinski definition) is 2. The van der Waals surface area contributed by atoms with Crippen molar-refractivity contribution in [3.63, 3.8) is 0 Å². The van der Waals surface area contributed by atoms with Crippen LogP contribution in [-0.4, -0.2) is 52.5 Å². The van der Waals surface area contributed by atoms with E-state index in [1.807, 2.05) is 9.80 Å². The lowest BCUT2D eigenvalue weighted by Gasteiger charge is -2.33. The molecule has 0 bridgehead atoms. The molecule has 2 rings (SSSR count). The third-order valence-corrected chi connectivity index (χ3v) is 3.60. The van der Waals surface area contributed by atoms with Gasteiger partial charge in [0.2, 0.25) is 0 Å². The lowest BCUT2D eigenvalue weighted by molar-refractivity contribution is 0.142. The number of carbonyl (C=O) groups is 1. The van der Waals surface area contributed by atoms with Gasteiger partial charge in [-0.1, -0.05) is 5.16 Å². The van der Waals surface area contributed by atoms with Crippen molar-refractivity contribution in [3.05, 3.63) is 0 Å². The number of amidine groups is 1. The molecule has 1 aliphatic heterocycles. The molecule has 0 aromatic heterocycles. The molecule has 1 aliphatic carbocycles. The Hall–Kier alpha value is -1.46. The number of nitrogens with zero attached hydrogens (tertiary/aromatic N) is 3. The van der Waals surface area contributed by atoms with Crippen molar-refractivity contribution < 1.29 is 10.0 Å². The van der Waals surface area contributed by atoms with E-state index in [2.05, 4.69) is 5.16 Å². The Morgan fingerprint density at radius 3 is 2.56 bits per heavy atom. The van der Waals surface area contributed by atoms with Crippen molar-refractivity contribution in [3.8, 4) is 0 Å². The predicted octanol–water partition coefficient (Wildman–Crippen LogP) is 1.19. The average Bonchev–Trinajstić information content (AvgIpc) is 3.24. The summed E-state index contributed by atoms with van der Waals surface area (Å²) in [5.74, 6) is 0.187. The van der Waals surface area contributed by atoms with Crippen LogP contribution in [0.4, 0.5) is 4.79 Å². The number of oxime groups is 1. The first kappa shape index (κ1) is 13.0. The van der Waals surface area contributed by atoms with E-state index < -0.39 is 0 Å². The molecule has 1 heterocycles. The highest BCUT2D eigenvalue weighted by Gasteiger charge is 2.34. The largest absolute Gasteiger partial charge is 0.409 e. The second-order valence-electron chi connectivity index (χ2n) is 5.10. The number of carbonyl (C=O) groups excluding carboxylic acids is 1. The maximum atomic E-state index is 12.4. The van der Waals surface area contributed by atoms with Crippen LogP contribution in [0.3, 0.4) is 0 Å². The summed E-state index contributed by atoms with van der Waals surface area (Å²) in [5.41, 5.74) is 5.47. The Balaban J connectivity index is 1.89. The standard InChI is InChI=1S/C12H22N4O2/c13-11(14-18)6-9-16(10-4-5-10)12(17)15-7-2-1-3-8-15/h10,18H,1-9H2,(H2,13,14). The van der Waals surface area contributed by atoms with Gasteiger partial charge in [0.05, 0.1) is 0 Å². The van der Waals surface area contributed by atoms with Gasteiger partial charge in [-0.15, -0.1) is 0 Å². The van der Waals surface area contributed by atoms with Crippen molar-refractivity contribution in [1.82, 2.24) is 9.80 Å². The first-order valence-corrected chi connectivity index (χ1v) is 6.74. The smallest absolute Gasteiger partial charge is 0.320 e. The minimum atomic E-state index is 0.128. The van der Waals surface area contributed by atoms with Crippen LogP contribution in [0.15, 0.2) is 5.16 Å². The minimum absolute atomic E-state index is 0.128. The molecular formula is C12H22N4O2. The Bertz CT molecular complexity index is 322. The SMILES string of the molecule is NC(CCN(C(=O)N1CCCCC1)C1CC1)=NO. The van der Waals surface area contributed by atoms with E-state index in [-0.39, 0.29) is 11.9 Å². The number of nitrogens with two attached hydrogens (primary N) is 1. The van der Waals surface area contributed by atoms with Crippen molar-refractivity contribution in [2.24, 2.45) is 10.9 Å². The molecule has 6 nitrogen and oxygen atoms in total. The van der Waals surface area contributed by atoms with Gasteiger partial charge in [0, 0.05) is 32.1 Å². The van der Waals surface area contributed by atoms with Gasteiger partial charge in [0.15, 0.2) is 0 Å². The van der Waals surface area contributed by atoms with E-state index in [4.69, 9.17) is 10.9 Å². The van der Waals surface area contributed by atoms with E-state index in [1.165, 1.54) is 6.42 Å². The van der Waals surface area contributed by atoms with Gasteiger partial charge in [-0.2, -0.15) is 0 Å². The van der Waals surface area contributed by atoms with Gasteiger partial charge < -0.3 is 20.7 Å². The number of likely N-dealkylation sites (tertiary alicyclic amines) is 1. The summed E-state index contributed by atoms with van der Waals surface area (Å²) in [6.45, 7) is 2.28. The molecule has 0 radical (unpaired) electrons. The van der Waals surface area contributed by atoms with Crippen molar-refractivity contribution >= 4 is 11.9 Å². The van der Waals surface area contributed by atoms with E-state index >= 15 is 0 Å². The maximum absolute atomic E-state index is 12.4. The fraction of sp³-hybridized carbons (Fsp3) is 0.833. The molecule has 6 heteroatoms. The van der Waals surface area contributed by atoms with E-state index in [0.29, 0.717) is 19.0 Å². The van der Waals surface area contributed by atoms with Crippen molar-refractivity contribution in [2.45, 2.75) is 44.6 Å². The molecule has 0 aromatic carbocycles. The van der Waals surface area contributed by atoms with E-state index in [1.54, 1.807) is 0 Å².